The van der Waals surface area contributed by atoms with Crippen molar-refractivity contribution >= 4 is 5.97 Å². The standard InChI is InChI=1S/C7H7NO2/c9-7(10)6-2-1-4-8-5-3-6/h1-5,8H,(H,9,10)/p-1. The van der Waals surface area contributed by atoms with Crippen LogP contribution in [0.4, 0.5) is 0 Å². The average molecular weight is 136 g/mol. The van der Waals surface area contributed by atoms with E-state index in [4.69, 9.17) is 0 Å². The van der Waals surface area contributed by atoms with Gasteiger partial charge in [-0.15, -0.1) is 0 Å². The minimum atomic E-state index is -1.16. The highest BCUT2D eigenvalue weighted by molar-refractivity contribution is 5.88. The Morgan fingerprint density at radius 1 is 1.50 bits per heavy atom. The lowest BCUT2D eigenvalue weighted by Gasteiger charge is -1.98. The fourth-order valence-electron chi connectivity index (χ4n) is 0.592. The van der Waals surface area contributed by atoms with Gasteiger partial charge in [0.25, 0.3) is 0 Å². The molecule has 0 saturated heterocycles. The molecule has 52 valence electrons. The van der Waals surface area contributed by atoms with E-state index in [0.717, 1.165) is 0 Å². The first kappa shape index (κ1) is 6.61. The third kappa shape index (κ3) is 1.48. The van der Waals surface area contributed by atoms with Gasteiger partial charge in [0.05, 0.1) is 5.97 Å². The first-order valence-corrected chi connectivity index (χ1v) is 2.81. The predicted molar refractivity (Wildman–Crippen MR) is 34.5 cm³/mol. The maximum absolute atomic E-state index is 10.2. The van der Waals surface area contributed by atoms with Gasteiger partial charge >= 0.3 is 0 Å². The van der Waals surface area contributed by atoms with Crippen molar-refractivity contribution in [2.24, 2.45) is 0 Å². The Labute approximate surface area is 58.4 Å². The fraction of sp³-hybridized carbons (Fsp3) is 0. The highest BCUT2D eigenvalue weighted by Crippen LogP contribution is 1.97. The van der Waals surface area contributed by atoms with Crippen LogP contribution in [-0.2, 0) is 4.79 Å². The molecule has 0 aromatic heterocycles. The van der Waals surface area contributed by atoms with Gasteiger partial charge in [-0.3, -0.25) is 0 Å². The van der Waals surface area contributed by atoms with Crippen molar-refractivity contribution in [1.29, 1.82) is 0 Å². The van der Waals surface area contributed by atoms with Crippen molar-refractivity contribution in [2.45, 2.75) is 0 Å². The second-order valence-electron chi connectivity index (χ2n) is 1.77. The topological polar surface area (TPSA) is 52.2 Å². The maximum Gasteiger partial charge on any atom is 0.0715 e. The predicted octanol–water partition coefficient (Wildman–Crippen LogP) is -0.707. The van der Waals surface area contributed by atoms with Crippen LogP contribution in [0.15, 0.2) is 36.2 Å². The van der Waals surface area contributed by atoms with Crippen LogP contribution >= 0.6 is 0 Å². The number of allylic oxidation sites excluding steroid dienone is 2. The van der Waals surface area contributed by atoms with E-state index in [1.165, 1.54) is 18.4 Å². The first-order chi connectivity index (χ1) is 4.80. The lowest BCUT2D eigenvalue weighted by Crippen LogP contribution is -2.23. The highest BCUT2D eigenvalue weighted by Gasteiger charge is 1.91. The molecular weight excluding hydrogens is 130 g/mol. The zero-order valence-electron chi connectivity index (χ0n) is 5.20. The van der Waals surface area contributed by atoms with Gasteiger partial charge in [-0.2, -0.15) is 0 Å². The summed E-state index contributed by atoms with van der Waals surface area (Å²) in [5.41, 5.74) is 0.168. The average Bonchev–Trinajstić information content (AvgIpc) is 2.12. The number of hydrogen-bond donors (Lipinski definition) is 1. The summed E-state index contributed by atoms with van der Waals surface area (Å²) >= 11 is 0. The van der Waals surface area contributed by atoms with Crippen molar-refractivity contribution in [1.82, 2.24) is 5.32 Å². The second-order valence-corrected chi connectivity index (χ2v) is 1.77. The number of rotatable bonds is 1. The molecule has 3 nitrogen and oxygen atoms in total. The van der Waals surface area contributed by atoms with Crippen LogP contribution in [0.5, 0.6) is 0 Å². The third-order valence-corrected chi connectivity index (χ3v) is 1.06. The van der Waals surface area contributed by atoms with Gasteiger partial charge in [0, 0.05) is 12.4 Å². The van der Waals surface area contributed by atoms with E-state index in [1.54, 1.807) is 12.3 Å². The van der Waals surface area contributed by atoms with Gasteiger partial charge < -0.3 is 15.2 Å². The van der Waals surface area contributed by atoms with Gasteiger partial charge in [-0.1, -0.05) is 6.08 Å². The molecule has 0 spiro atoms. The number of hydrogen-bond acceptors (Lipinski definition) is 3. The summed E-state index contributed by atoms with van der Waals surface area (Å²) in [6.07, 6.45) is 7.67. The summed E-state index contributed by atoms with van der Waals surface area (Å²) in [5, 5.41) is 12.9. The summed E-state index contributed by atoms with van der Waals surface area (Å²) in [6, 6.07) is 0. The van der Waals surface area contributed by atoms with Crippen LogP contribution < -0.4 is 10.4 Å². The fourth-order valence-corrected chi connectivity index (χ4v) is 0.592. The van der Waals surface area contributed by atoms with Gasteiger partial charge in [-0.05, 0) is 17.7 Å². The molecule has 10 heavy (non-hydrogen) atoms. The normalized spacial score (nSPS) is 15.4. The van der Waals surface area contributed by atoms with Crippen LogP contribution in [0.25, 0.3) is 0 Å². The van der Waals surface area contributed by atoms with Gasteiger partial charge in [0.2, 0.25) is 0 Å². The zero-order chi connectivity index (χ0) is 7.40. The smallest absolute Gasteiger partial charge is 0.0715 e. The molecule has 0 radical (unpaired) electrons. The molecule has 0 atom stereocenters. The molecular formula is C7H6NO2-. The Kier molecular flexibility index (Phi) is 1.89. The molecule has 0 amide bonds. The highest BCUT2D eigenvalue weighted by atomic mass is 16.4. The maximum atomic E-state index is 10.2. The van der Waals surface area contributed by atoms with Crippen molar-refractivity contribution in [3.63, 3.8) is 0 Å². The molecule has 0 aliphatic carbocycles. The van der Waals surface area contributed by atoms with E-state index >= 15 is 0 Å². The van der Waals surface area contributed by atoms with E-state index in [0.29, 0.717) is 0 Å². The van der Waals surface area contributed by atoms with Crippen molar-refractivity contribution in [3.05, 3.63) is 36.2 Å². The molecule has 0 saturated carbocycles. The van der Waals surface area contributed by atoms with E-state index in [2.05, 4.69) is 5.32 Å². The van der Waals surface area contributed by atoms with Crippen LogP contribution in [0.3, 0.4) is 0 Å². The molecule has 3 heteroatoms. The number of carbonyl (C=O) groups is 1. The molecule has 0 aromatic carbocycles. The Morgan fingerprint density at radius 2 is 2.30 bits per heavy atom. The van der Waals surface area contributed by atoms with E-state index < -0.39 is 5.97 Å². The molecule has 0 bridgehead atoms. The van der Waals surface area contributed by atoms with Gasteiger partial charge in [0.15, 0.2) is 0 Å². The van der Waals surface area contributed by atoms with Gasteiger partial charge in [0.1, 0.15) is 0 Å². The lowest BCUT2D eigenvalue weighted by molar-refractivity contribution is -0.298. The molecule has 0 aromatic rings. The molecule has 1 rings (SSSR count). The van der Waals surface area contributed by atoms with E-state index in [9.17, 15) is 9.90 Å². The molecule has 0 fully saturated rings. The van der Waals surface area contributed by atoms with Crippen molar-refractivity contribution in [2.75, 3.05) is 0 Å². The summed E-state index contributed by atoms with van der Waals surface area (Å²) in [6.45, 7) is 0. The number of carbonyl (C=O) groups excluding carboxylic acids is 1. The van der Waals surface area contributed by atoms with E-state index in [1.807, 2.05) is 0 Å². The molecule has 0 unspecified atom stereocenters. The largest absolute Gasteiger partial charge is 0.545 e. The number of carboxylic acids is 1. The van der Waals surface area contributed by atoms with Gasteiger partial charge in [-0.25, -0.2) is 0 Å². The summed E-state index contributed by atoms with van der Waals surface area (Å²) in [7, 11) is 0. The second kappa shape index (κ2) is 2.87. The Hall–Kier alpha value is -1.51. The monoisotopic (exact) mass is 136 g/mol. The Balaban J connectivity index is 2.83. The molecule has 1 heterocycles. The van der Waals surface area contributed by atoms with Crippen LogP contribution in [0.2, 0.25) is 0 Å². The molecule has 1 N–H and O–H groups in total. The minimum Gasteiger partial charge on any atom is -0.545 e. The SMILES string of the molecule is O=C([O-])C1=CC=CNC=C1. The lowest BCUT2D eigenvalue weighted by atomic mass is 10.2. The first-order valence-electron chi connectivity index (χ1n) is 2.81. The molecule has 1 aliphatic heterocycles. The zero-order valence-corrected chi connectivity index (χ0v) is 5.20. The Morgan fingerprint density at radius 3 is 3.00 bits per heavy atom. The minimum absolute atomic E-state index is 0.168. The number of nitrogens with one attached hydrogen (secondary N) is 1. The summed E-state index contributed by atoms with van der Waals surface area (Å²) in [5.74, 6) is -1.16. The number of carboxylic acid groups (broad SMARTS) is 1. The Bertz CT molecular complexity index is 226. The summed E-state index contributed by atoms with van der Waals surface area (Å²) in [4.78, 5) is 10.2. The van der Waals surface area contributed by atoms with Crippen molar-refractivity contribution < 1.29 is 9.90 Å². The van der Waals surface area contributed by atoms with Crippen LogP contribution in [-0.4, -0.2) is 5.97 Å². The summed E-state index contributed by atoms with van der Waals surface area (Å²) < 4.78 is 0. The number of aliphatic carboxylic acids is 1. The third-order valence-electron chi connectivity index (χ3n) is 1.06. The van der Waals surface area contributed by atoms with Crippen molar-refractivity contribution in [3.8, 4) is 0 Å². The quantitative estimate of drug-likeness (QED) is 0.518. The van der Waals surface area contributed by atoms with E-state index in [-0.39, 0.29) is 5.57 Å². The molecule has 1 aliphatic rings. The van der Waals surface area contributed by atoms with Crippen LogP contribution in [0.1, 0.15) is 0 Å². The van der Waals surface area contributed by atoms with Crippen LogP contribution in [0, 0.1) is 0 Å².